The first-order valence-corrected chi connectivity index (χ1v) is 7.62. The number of Topliss-reactive ketones (excluding diaryl/α,β-unsaturated/α-hetero) is 1. The second kappa shape index (κ2) is 5.65. The molecule has 0 saturated carbocycles. The Labute approximate surface area is 122 Å². The van der Waals surface area contributed by atoms with Crippen LogP contribution in [0.1, 0.15) is 17.3 Å². The minimum absolute atomic E-state index is 0.0503. The first-order chi connectivity index (χ1) is 9.84. The summed E-state index contributed by atoms with van der Waals surface area (Å²) in [6, 6.07) is 11.3. The van der Waals surface area contributed by atoms with Gasteiger partial charge in [-0.2, -0.15) is 0 Å². The van der Waals surface area contributed by atoms with Gasteiger partial charge in [0, 0.05) is 12.6 Å². The molecule has 2 rings (SSSR count). The third-order valence-corrected chi connectivity index (χ3v) is 4.86. The summed E-state index contributed by atoms with van der Waals surface area (Å²) < 4.78 is 39.6. The van der Waals surface area contributed by atoms with E-state index in [-0.39, 0.29) is 21.9 Å². The van der Waals surface area contributed by atoms with Crippen molar-refractivity contribution >= 4 is 21.5 Å². The Morgan fingerprint density at radius 1 is 1.10 bits per heavy atom. The highest BCUT2D eigenvalue weighted by Crippen LogP contribution is 2.24. The van der Waals surface area contributed by atoms with Gasteiger partial charge in [-0.1, -0.05) is 24.3 Å². The molecule has 0 spiro atoms. The minimum atomic E-state index is -3.93. The molecule has 0 N–H and O–H groups in total. The lowest BCUT2D eigenvalue weighted by atomic mass is 10.2. The van der Waals surface area contributed by atoms with E-state index in [0.717, 1.165) is 4.31 Å². The van der Waals surface area contributed by atoms with Crippen molar-refractivity contribution in [1.82, 2.24) is 0 Å². The molecular formula is C15H14FNO3S. The van der Waals surface area contributed by atoms with Gasteiger partial charge in [0.25, 0.3) is 10.0 Å². The number of carbonyl (C=O) groups is 1. The van der Waals surface area contributed by atoms with Gasteiger partial charge in [-0.25, -0.2) is 12.8 Å². The molecule has 0 heterocycles. The van der Waals surface area contributed by atoms with Crippen molar-refractivity contribution < 1.29 is 17.6 Å². The van der Waals surface area contributed by atoms with Crippen LogP contribution in [0.4, 0.5) is 10.1 Å². The fourth-order valence-electron chi connectivity index (χ4n) is 1.87. The van der Waals surface area contributed by atoms with Crippen LogP contribution in [0.15, 0.2) is 53.4 Å². The monoisotopic (exact) mass is 307 g/mol. The van der Waals surface area contributed by atoms with Crippen molar-refractivity contribution in [3.8, 4) is 0 Å². The van der Waals surface area contributed by atoms with Crippen LogP contribution in [0.5, 0.6) is 0 Å². The summed E-state index contributed by atoms with van der Waals surface area (Å²) in [4.78, 5) is 11.3. The van der Waals surface area contributed by atoms with Crippen LogP contribution in [-0.2, 0) is 10.0 Å². The summed E-state index contributed by atoms with van der Waals surface area (Å²) in [7, 11) is -2.66. The Morgan fingerprint density at radius 3 is 2.38 bits per heavy atom. The predicted octanol–water partition coefficient (Wildman–Crippen LogP) is 2.85. The number of rotatable bonds is 4. The van der Waals surface area contributed by atoms with E-state index in [9.17, 15) is 17.6 Å². The van der Waals surface area contributed by atoms with Crippen LogP contribution in [0.25, 0.3) is 0 Å². The molecule has 0 unspecified atom stereocenters. The molecule has 0 radical (unpaired) electrons. The lowest BCUT2D eigenvalue weighted by Crippen LogP contribution is -2.27. The van der Waals surface area contributed by atoms with E-state index < -0.39 is 15.8 Å². The van der Waals surface area contributed by atoms with Crippen molar-refractivity contribution in [2.45, 2.75) is 11.8 Å². The van der Waals surface area contributed by atoms with Gasteiger partial charge in [0.2, 0.25) is 0 Å². The van der Waals surface area contributed by atoms with Gasteiger partial charge in [0.15, 0.2) is 5.78 Å². The third kappa shape index (κ3) is 2.95. The molecule has 0 aliphatic carbocycles. The topological polar surface area (TPSA) is 54.5 Å². The van der Waals surface area contributed by atoms with Gasteiger partial charge in [-0.15, -0.1) is 0 Å². The third-order valence-electron chi connectivity index (χ3n) is 3.09. The zero-order valence-electron chi connectivity index (χ0n) is 11.6. The Morgan fingerprint density at radius 2 is 1.76 bits per heavy atom. The molecule has 0 amide bonds. The standard InChI is InChI=1S/C15H14FNO3S/c1-11(18)12-6-5-7-13(10-12)21(19,20)17(2)15-9-4-3-8-14(15)16/h3-10H,1-2H3. The van der Waals surface area contributed by atoms with Crippen molar-refractivity contribution in [3.63, 3.8) is 0 Å². The first kappa shape index (κ1) is 15.2. The number of nitrogens with zero attached hydrogens (tertiary/aromatic N) is 1. The number of anilines is 1. The van der Waals surface area contributed by atoms with Gasteiger partial charge in [-0.3, -0.25) is 9.10 Å². The van der Waals surface area contributed by atoms with Crippen LogP contribution in [0, 0.1) is 5.82 Å². The van der Waals surface area contributed by atoms with Crippen molar-refractivity contribution in [3.05, 3.63) is 59.9 Å². The molecule has 2 aromatic carbocycles. The molecule has 0 saturated heterocycles. The number of halogens is 1. The molecule has 2 aromatic rings. The average molecular weight is 307 g/mol. The van der Waals surface area contributed by atoms with Crippen LogP contribution >= 0.6 is 0 Å². The van der Waals surface area contributed by atoms with Crippen LogP contribution in [-0.4, -0.2) is 21.2 Å². The second-order valence-corrected chi connectivity index (χ2v) is 6.48. The van der Waals surface area contributed by atoms with E-state index in [1.165, 1.54) is 56.4 Å². The summed E-state index contributed by atoms with van der Waals surface area (Å²) in [5.74, 6) is -0.869. The maximum atomic E-state index is 13.7. The zero-order valence-corrected chi connectivity index (χ0v) is 12.4. The molecule has 4 nitrogen and oxygen atoms in total. The van der Waals surface area contributed by atoms with Crippen molar-refractivity contribution in [2.75, 3.05) is 11.4 Å². The zero-order chi connectivity index (χ0) is 15.6. The van der Waals surface area contributed by atoms with Gasteiger partial charge in [0.05, 0.1) is 10.6 Å². The summed E-state index contributed by atoms with van der Waals surface area (Å²) in [5, 5.41) is 0. The number of sulfonamides is 1. The average Bonchev–Trinajstić information content (AvgIpc) is 2.47. The number of ketones is 1. The molecule has 0 atom stereocenters. The number of hydrogen-bond donors (Lipinski definition) is 0. The van der Waals surface area contributed by atoms with Crippen LogP contribution in [0.3, 0.4) is 0 Å². The first-order valence-electron chi connectivity index (χ1n) is 6.18. The number of benzene rings is 2. The summed E-state index contributed by atoms with van der Waals surface area (Å²) in [6.07, 6.45) is 0. The van der Waals surface area contributed by atoms with Crippen molar-refractivity contribution in [1.29, 1.82) is 0 Å². The molecule has 0 fully saturated rings. The fourth-order valence-corrected chi connectivity index (χ4v) is 3.12. The second-order valence-electron chi connectivity index (χ2n) is 4.51. The maximum Gasteiger partial charge on any atom is 0.264 e. The van der Waals surface area contributed by atoms with E-state index in [2.05, 4.69) is 0 Å². The highest BCUT2D eigenvalue weighted by atomic mass is 32.2. The Hall–Kier alpha value is -2.21. The summed E-state index contributed by atoms with van der Waals surface area (Å²) in [5.41, 5.74) is 0.240. The smallest absolute Gasteiger partial charge is 0.264 e. The number of para-hydroxylation sites is 1. The molecular weight excluding hydrogens is 293 g/mol. The van der Waals surface area contributed by atoms with Gasteiger partial charge < -0.3 is 0 Å². The predicted molar refractivity (Wildman–Crippen MR) is 78.4 cm³/mol. The van der Waals surface area contributed by atoms with Gasteiger partial charge in [-0.05, 0) is 31.2 Å². The van der Waals surface area contributed by atoms with Gasteiger partial charge in [0.1, 0.15) is 5.82 Å². The SMILES string of the molecule is CC(=O)c1cccc(S(=O)(=O)N(C)c2ccccc2F)c1. The van der Waals surface area contributed by atoms with Crippen LogP contribution < -0.4 is 4.31 Å². The molecule has 110 valence electrons. The highest BCUT2D eigenvalue weighted by molar-refractivity contribution is 7.92. The highest BCUT2D eigenvalue weighted by Gasteiger charge is 2.23. The lowest BCUT2D eigenvalue weighted by Gasteiger charge is -2.20. The molecule has 21 heavy (non-hydrogen) atoms. The minimum Gasteiger partial charge on any atom is -0.295 e. The van der Waals surface area contributed by atoms with E-state index >= 15 is 0 Å². The van der Waals surface area contributed by atoms with E-state index in [4.69, 9.17) is 0 Å². The Kier molecular flexibility index (Phi) is 4.09. The molecule has 6 heteroatoms. The molecule has 0 bridgehead atoms. The summed E-state index contributed by atoms with van der Waals surface area (Å²) >= 11 is 0. The molecule has 0 aromatic heterocycles. The molecule has 0 aliphatic heterocycles. The van der Waals surface area contributed by atoms with E-state index in [1.54, 1.807) is 6.07 Å². The normalized spacial score (nSPS) is 11.2. The van der Waals surface area contributed by atoms with Crippen molar-refractivity contribution in [2.24, 2.45) is 0 Å². The maximum absolute atomic E-state index is 13.7. The molecule has 0 aliphatic rings. The number of hydrogen-bond acceptors (Lipinski definition) is 3. The largest absolute Gasteiger partial charge is 0.295 e. The quantitative estimate of drug-likeness (QED) is 0.816. The van der Waals surface area contributed by atoms with Gasteiger partial charge >= 0.3 is 0 Å². The lowest BCUT2D eigenvalue weighted by molar-refractivity contribution is 0.101. The Bertz CT molecular complexity index is 787. The van der Waals surface area contributed by atoms with E-state index in [0.29, 0.717) is 0 Å². The Balaban J connectivity index is 2.50. The number of carbonyl (C=O) groups excluding carboxylic acids is 1. The summed E-state index contributed by atoms with van der Waals surface area (Å²) in [6.45, 7) is 1.35. The van der Waals surface area contributed by atoms with Crippen LogP contribution in [0.2, 0.25) is 0 Å². The fraction of sp³-hybridized carbons (Fsp3) is 0.133. The van der Waals surface area contributed by atoms with E-state index in [1.807, 2.05) is 0 Å².